The third-order valence-electron chi connectivity index (χ3n) is 2.72. The van der Waals surface area contributed by atoms with Gasteiger partial charge >= 0.3 is 0 Å². The maximum atomic E-state index is 6.14. The Balaban J connectivity index is 1.97. The molecule has 0 aromatic carbocycles. The summed E-state index contributed by atoms with van der Waals surface area (Å²) in [5.41, 5.74) is 0. The van der Waals surface area contributed by atoms with E-state index in [1.807, 2.05) is 11.3 Å². The van der Waals surface area contributed by atoms with Gasteiger partial charge in [-0.05, 0) is 12.5 Å². The van der Waals surface area contributed by atoms with Gasteiger partial charge in [0.15, 0.2) is 0 Å². The molecular formula is C11H17ClN2S. The lowest BCUT2D eigenvalue weighted by Gasteiger charge is -2.26. The van der Waals surface area contributed by atoms with Crippen LogP contribution in [0.4, 0.5) is 0 Å². The van der Waals surface area contributed by atoms with E-state index in [2.05, 4.69) is 23.2 Å². The Kier molecular flexibility index (Phi) is 4.03. The molecule has 0 unspecified atom stereocenters. The molecule has 2 rings (SSSR count). The molecule has 84 valence electrons. The van der Waals surface area contributed by atoms with Crippen molar-refractivity contribution in [2.75, 3.05) is 26.2 Å². The van der Waals surface area contributed by atoms with E-state index in [0.29, 0.717) is 0 Å². The maximum Gasteiger partial charge on any atom is 0.0548 e. The van der Waals surface area contributed by atoms with Crippen molar-refractivity contribution >= 4 is 22.9 Å². The Labute approximate surface area is 100 Å². The Morgan fingerprint density at radius 2 is 2.20 bits per heavy atom. The van der Waals surface area contributed by atoms with Gasteiger partial charge in [-0.25, -0.2) is 0 Å². The number of hydrogen-bond acceptors (Lipinski definition) is 3. The summed E-state index contributed by atoms with van der Waals surface area (Å²) < 4.78 is 0. The van der Waals surface area contributed by atoms with Gasteiger partial charge in [0.25, 0.3) is 0 Å². The first kappa shape index (κ1) is 11.4. The van der Waals surface area contributed by atoms with Gasteiger partial charge < -0.3 is 5.32 Å². The van der Waals surface area contributed by atoms with Gasteiger partial charge in [0.2, 0.25) is 0 Å². The number of nitrogens with one attached hydrogen (secondary N) is 1. The Hall–Kier alpha value is -0.0900. The van der Waals surface area contributed by atoms with Crippen LogP contribution in [0.3, 0.4) is 0 Å². The number of halogens is 1. The zero-order valence-electron chi connectivity index (χ0n) is 9.05. The molecule has 4 heteroatoms. The number of rotatable bonds is 3. The van der Waals surface area contributed by atoms with Crippen molar-refractivity contribution in [1.82, 2.24) is 10.2 Å². The van der Waals surface area contributed by atoms with Crippen molar-refractivity contribution < 1.29 is 0 Å². The topological polar surface area (TPSA) is 15.3 Å². The average molecular weight is 245 g/mol. The van der Waals surface area contributed by atoms with Crippen molar-refractivity contribution in [3.05, 3.63) is 20.8 Å². The van der Waals surface area contributed by atoms with Crippen LogP contribution in [0.1, 0.15) is 16.7 Å². The monoisotopic (exact) mass is 244 g/mol. The molecule has 1 saturated heterocycles. The normalized spacial score (nSPS) is 18.3. The van der Waals surface area contributed by atoms with Gasteiger partial charge in [-0.1, -0.05) is 18.5 Å². The average Bonchev–Trinajstić information content (AvgIpc) is 2.60. The lowest BCUT2D eigenvalue weighted by atomic mass is 10.3. The second-order valence-electron chi connectivity index (χ2n) is 3.86. The van der Waals surface area contributed by atoms with E-state index < -0.39 is 0 Å². The van der Waals surface area contributed by atoms with E-state index >= 15 is 0 Å². The van der Waals surface area contributed by atoms with Crippen LogP contribution in [0.25, 0.3) is 0 Å². The molecule has 0 aliphatic carbocycles. The molecule has 15 heavy (non-hydrogen) atoms. The van der Waals surface area contributed by atoms with E-state index in [0.717, 1.165) is 44.2 Å². The van der Waals surface area contributed by atoms with Gasteiger partial charge in [-0.15, -0.1) is 11.3 Å². The zero-order chi connectivity index (χ0) is 10.7. The van der Waals surface area contributed by atoms with Crippen LogP contribution >= 0.6 is 22.9 Å². The van der Waals surface area contributed by atoms with Crippen molar-refractivity contribution in [2.45, 2.75) is 19.9 Å². The lowest BCUT2D eigenvalue weighted by Crippen LogP contribution is -2.42. The van der Waals surface area contributed by atoms with Crippen LogP contribution in [-0.2, 0) is 13.0 Å². The SMILES string of the molecule is CCc1sc(CN2CCNCC2)cc1Cl. The Bertz CT molecular complexity index is 318. The minimum absolute atomic E-state index is 0.952. The van der Waals surface area contributed by atoms with E-state index in [-0.39, 0.29) is 0 Å². The highest BCUT2D eigenvalue weighted by molar-refractivity contribution is 7.12. The van der Waals surface area contributed by atoms with E-state index in [4.69, 9.17) is 11.6 Å². The molecule has 1 aromatic rings. The van der Waals surface area contributed by atoms with Crippen LogP contribution in [0.2, 0.25) is 5.02 Å². The second kappa shape index (κ2) is 5.30. The van der Waals surface area contributed by atoms with Crippen molar-refractivity contribution in [1.29, 1.82) is 0 Å². The smallest absolute Gasteiger partial charge is 0.0548 e. The molecular weight excluding hydrogens is 228 g/mol. The van der Waals surface area contributed by atoms with Crippen molar-refractivity contribution in [2.24, 2.45) is 0 Å². The third-order valence-corrected chi connectivity index (χ3v) is 4.43. The molecule has 0 amide bonds. The first-order valence-electron chi connectivity index (χ1n) is 5.49. The van der Waals surface area contributed by atoms with Crippen LogP contribution < -0.4 is 5.32 Å². The Morgan fingerprint density at radius 3 is 2.80 bits per heavy atom. The summed E-state index contributed by atoms with van der Waals surface area (Å²) in [6, 6.07) is 2.13. The second-order valence-corrected chi connectivity index (χ2v) is 5.49. The summed E-state index contributed by atoms with van der Waals surface area (Å²) in [6.45, 7) is 7.74. The summed E-state index contributed by atoms with van der Waals surface area (Å²) in [7, 11) is 0. The molecule has 2 heterocycles. The molecule has 2 nitrogen and oxygen atoms in total. The fourth-order valence-electron chi connectivity index (χ4n) is 1.87. The van der Waals surface area contributed by atoms with Crippen LogP contribution in [0.15, 0.2) is 6.07 Å². The van der Waals surface area contributed by atoms with E-state index in [1.165, 1.54) is 9.75 Å². The quantitative estimate of drug-likeness (QED) is 0.878. The molecule has 1 N–H and O–H groups in total. The number of hydrogen-bond donors (Lipinski definition) is 1. The molecule has 0 bridgehead atoms. The highest BCUT2D eigenvalue weighted by Gasteiger charge is 2.12. The van der Waals surface area contributed by atoms with Crippen molar-refractivity contribution in [3.8, 4) is 0 Å². The molecule has 0 radical (unpaired) electrons. The molecule has 1 aliphatic heterocycles. The number of aryl methyl sites for hydroxylation is 1. The van der Waals surface area contributed by atoms with Crippen LogP contribution in [0, 0.1) is 0 Å². The van der Waals surface area contributed by atoms with Crippen molar-refractivity contribution in [3.63, 3.8) is 0 Å². The van der Waals surface area contributed by atoms with Gasteiger partial charge in [0, 0.05) is 42.5 Å². The highest BCUT2D eigenvalue weighted by atomic mass is 35.5. The first-order chi connectivity index (χ1) is 7.29. The predicted octanol–water partition coefficient (Wildman–Crippen LogP) is 2.37. The molecule has 1 aromatic heterocycles. The van der Waals surface area contributed by atoms with Crippen LogP contribution in [0.5, 0.6) is 0 Å². The fourth-order valence-corrected chi connectivity index (χ4v) is 3.35. The minimum Gasteiger partial charge on any atom is -0.314 e. The van der Waals surface area contributed by atoms with Crippen LogP contribution in [-0.4, -0.2) is 31.1 Å². The summed E-state index contributed by atoms with van der Waals surface area (Å²) in [6.07, 6.45) is 1.05. The van der Waals surface area contributed by atoms with Gasteiger partial charge in [-0.2, -0.15) is 0 Å². The molecule has 1 fully saturated rings. The van der Waals surface area contributed by atoms with Gasteiger partial charge in [-0.3, -0.25) is 4.90 Å². The number of piperazine rings is 1. The number of thiophene rings is 1. The molecule has 0 atom stereocenters. The standard InChI is InChI=1S/C11H17ClN2S/c1-2-11-10(12)7-9(15-11)8-14-5-3-13-4-6-14/h7,13H,2-6,8H2,1H3. The highest BCUT2D eigenvalue weighted by Crippen LogP contribution is 2.28. The van der Waals surface area contributed by atoms with E-state index in [9.17, 15) is 0 Å². The molecule has 0 saturated carbocycles. The molecule has 1 aliphatic rings. The maximum absolute atomic E-state index is 6.14. The van der Waals surface area contributed by atoms with E-state index in [1.54, 1.807) is 0 Å². The lowest BCUT2D eigenvalue weighted by molar-refractivity contribution is 0.235. The summed E-state index contributed by atoms with van der Waals surface area (Å²) in [5.74, 6) is 0. The zero-order valence-corrected chi connectivity index (χ0v) is 10.6. The summed E-state index contributed by atoms with van der Waals surface area (Å²) >= 11 is 8.00. The van der Waals surface area contributed by atoms with Gasteiger partial charge in [0.1, 0.15) is 0 Å². The van der Waals surface area contributed by atoms with Gasteiger partial charge in [0.05, 0.1) is 5.02 Å². The predicted molar refractivity (Wildman–Crippen MR) is 66.9 cm³/mol. The molecule has 0 spiro atoms. The fraction of sp³-hybridized carbons (Fsp3) is 0.636. The third kappa shape index (κ3) is 2.94. The first-order valence-corrected chi connectivity index (χ1v) is 6.69. The summed E-state index contributed by atoms with van der Waals surface area (Å²) in [5, 5.41) is 4.32. The minimum atomic E-state index is 0.952. The number of nitrogens with zero attached hydrogens (tertiary/aromatic N) is 1. The summed E-state index contributed by atoms with van der Waals surface area (Å²) in [4.78, 5) is 5.21. The Morgan fingerprint density at radius 1 is 1.47 bits per heavy atom. The largest absolute Gasteiger partial charge is 0.314 e.